The molecular weight excluding hydrogens is 126 g/mol. The summed E-state index contributed by atoms with van der Waals surface area (Å²) in [5.74, 6) is 0.359. The lowest BCUT2D eigenvalue weighted by Gasteiger charge is -2.13. The van der Waals surface area contributed by atoms with Gasteiger partial charge in [-0.05, 0) is 5.92 Å². The monoisotopic (exact) mass is 141 g/mol. The van der Waals surface area contributed by atoms with Crippen LogP contribution in [0.1, 0.15) is 13.8 Å². The molecule has 0 spiro atoms. The third-order valence-electron chi connectivity index (χ3n) is 1.36. The van der Waals surface area contributed by atoms with E-state index in [0.717, 1.165) is 6.29 Å². The molecule has 1 atom stereocenters. The minimum Gasteiger partial charge on any atom is -0.304 e. The maximum absolute atomic E-state index is 10.4. The molecular formula is C8H15NO. The van der Waals surface area contributed by atoms with Crippen molar-refractivity contribution in [3.05, 3.63) is 12.7 Å². The van der Waals surface area contributed by atoms with Gasteiger partial charge in [0.25, 0.3) is 0 Å². The summed E-state index contributed by atoms with van der Waals surface area (Å²) in [4.78, 5) is 10.4. The molecule has 10 heavy (non-hydrogen) atoms. The minimum atomic E-state index is -0.0296. The number of hydrogen-bond acceptors (Lipinski definition) is 2. The second-order valence-corrected chi connectivity index (χ2v) is 2.60. The van der Waals surface area contributed by atoms with E-state index in [9.17, 15) is 4.79 Å². The van der Waals surface area contributed by atoms with Crippen LogP contribution in [0.3, 0.4) is 0 Å². The lowest BCUT2D eigenvalue weighted by Crippen LogP contribution is -2.35. The molecule has 2 nitrogen and oxygen atoms in total. The van der Waals surface area contributed by atoms with E-state index in [1.807, 2.05) is 13.8 Å². The van der Waals surface area contributed by atoms with E-state index in [0.29, 0.717) is 12.5 Å². The van der Waals surface area contributed by atoms with Gasteiger partial charge in [0.1, 0.15) is 6.29 Å². The first-order valence-corrected chi connectivity index (χ1v) is 3.52. The number of hydrogen-bond donors (Lipinski definition) is 1. The Kier molecular flexibility index (Phi) is 4.85. The Labute approximate surface area is 62.3 Å². The van der Waals surface area contributed by atoms with Crippen LogP contribution < -0.4 is 5.32 Å². The average Bonchev–Trinajstić information content (AvgIpc) is 1.89. The molecule has 0 radical (unpaired) electrons. The van der Waals surface area contributed by atoms with Crippen molar-refractivity contribution in [2.45, 2.75) is 19.9 Å². The Morgan fingerprint density at radius 2 is 2.20 bits per heavy atom. The summed E-state index contributed by atoms with van der Waals surface area (Å²) in [5.41, 5.74) is 0. The van der Waals surface area contributed by atoms with E-state index in [-0.39, 0.29) is 6.04 Å². The second-order valence-electron chi connectivity index (χ2n) is 2.60. The fourth-order valence-corrected chi connectivity index (χ4v) is 0.660. The van der Waals surface area contributed by atoms with E-state index in [2.05, 4.69) is 11.9 Å². The van der Waals surface area contributed by atoms with Crippen molar-refractivity contribution in [2.75, 3.05) is 6.54 Å². The first-order chi connectivity index (χ1) is 4.72. The van der Waals surface area contributed by atoms with Crippen LogP contribution in [0, 0.1) is 5.92 Å². The predicted octanol–water partition coefficient (Wildman–Crippen LogP) is 0.985. The molecule has 0 saturated carbocycles. The molecule has 1 N–H and O–H groups in total. The summed E-state index contributed by atoms with van der Waals surface area (Å²) >= 11 is 0. The Morgan fingerprint density at radius 3 is 2.50 bits per heavy atom. The average molecular weight is 141 g/mol. The van der Waals surface area contributed by atoms with Crippen LogP contribution in [0.2, 0.25) is 0 Å². The lowest BCUT2D eigenvalue weighted by atomic mass is 10.1. The maximum atomic E-state index is 10.4. The van der Waals surface area contributed by atoms with Crippen LogP contribution in [0.15, 0.2) is 12.7 Å². The molecule has 0 aromatic rings. The number of carbonyl (C=O) groups excluding carboxylic acids is 1. The zero-order chi connectivity index (χ0) is 7.98. The van der Waals surface area contributed by atoms with Gasteiger partial charge in [0.2, 0.25) is 0 Å². The van der Waals surface area contributed by atoms with Crippen LogP contribution >= 0.6 is 0 Å². The van der Waals surface area contributed by atoms with Gasteiger partial charge in [-0.3, -0.25) is 0 Å². The molecule has 0 bridgehead atoms. The zero-order valence-electron chi connectivity index (χ0n) is 6.63. The van der Waals surface area contributed by atoms with Crippen LogP contribution in [0.4, 0.5) is 0 Å². The Morgan fingerprint density at radius 1 is 1.60 bits per heavy atom. The van der Waals surface area contributed by atoms with Crippen LogP contribution in [-0.4, -0.2) is 18.9 Å². The largest absolute Gasteiger partial charge is 0.304 e. The molecule has 0 aliphatic carbocycles. The summed E-state index contributed by atoms with van der Waals surface area (Å²) < 4.78 is 0. The highest BCUT2D eigenvalue weighted by Crippen LogP contribution is 1.96. The Hall–Kier alpha value is -0.630. The first kappa shape index (κ1) is 9.37. The summed E-state index contributed by atoms with van der Waals surface area (Å²) in [6.45, 7) is 8.26. The van der Waals surface area contributed by atoms with Crippen molar-refractivity contribution >= 4 is 6.29 Å². The van der Waals surface area contributed by atoms with Crippen molar-refractivity contribution in [3.8, 4) is 0 Å². The number of aldehydes is 1. The summed E-state index contributed by atoms with van der Waals surface area (Å²) in [6.07, 6.45) is 2.69. The molecule has 0 fully saturated rings. The van der Waals surface area contributed by atoms with Crippen molar-refractivity contribution < 1.29 is 4.79 Å². The van der Waals surface area contributed by atoms with Gasteiger partial charge in [-0.15, -0.1) is 6.58 Å². The molecule has 0 aromatic heterocycles. The summed E-state index contributed by atoms with van der Waals surface area (Å²) in [5, 5.41) is 3.03. The zero-order valence-corrected chi connectivity index (χ0v) is 6.63. The Balaban J connectivity index is 3.59. The third kappa shape index (κ3) is 3.41. The number of nitrogens with one attached hydrogen (secondary N) is 1. The van der Waals surface area contributed by atoms with Crippen LogP contribution in [0.5, 0.6) is 0 Å². The molecule has 0 aliphatic heterocycles. The molecule has 0 aromatic carbocycles. The standard InChI is InChI=1S/C8H15NO/c1-4-5-9-8(6-10)7(2)3/h4,6-9H,1,5H2,2-3H3. The van der Waals surface area contributed by atoms with Gasteiger partial charge in [-0.2, -0.15) is 0 Å². The highest BCUT2D eigenvalue weighted by Gasteiger charge is 2.08. The first-order valence-electron chi connectivity index (χ1n) is 3.52. The Bertz CT molecular complexity index is 110. The summed E-state index contributed by atoms with van der Waals surface area (Å²) in [7, 11) is 0. The SMILES string of the molecule is C=CCNC(C=O)C(C)C. The van der Waals surface area contributed by atoms with Gasteiger partial charge in [-0.1, -0.05) is 19.9 Å². The van der Waals surface area contributed by atoms with Gasteiger partial charge in [-0.25, -0.2) is 0 Å². The van der Waals surface area contributed by atoms with E-state index in [1.54, 1.807) is 6.08 Å². The molecule has 0 saturated heterocycles. The molecule has 0 amide bonds. The van der Waals surface area contributed by atoms with E-state index < -0.39 is 0 Å². The van der Waals surface area contributed by atoms with Gasteiger partial charge in [0, 0.05) is 6.54 Å². The number of carbonyl (C=O) groups is 1. The smallest absolute Gasteiger partial charge is 0.137 e. The maximum Gasteiger partial charge on any atom is 0.137 e. The van der Waals surface area contributed by atoms with Crippen molar-refractivity contribution in [2.24, 2.45) is 5.92 Å². The van der Waals surface area contributed by atoms with E-state index in [4.69, 9.17) is 0 Å². The highest BCUT2D eigenvalue weighted by molar-refractivity contribution is 5.57. The van der Waals surface area contributed by atoms with Gasteiger partial charge in [0.15, 0.2) is 0 Å². The molecule has 0 aliphatic rings. The third-order valence-corrected chi connectivity index (χ3v) is 1.36. The van der Waals surface area contributed by atoms with Gasteiger partial charge in [0.05, 0.1) is 6.04 Å². The highest BCUT2D eigenvalue weighted by atomic mass is 16.1. The van der Waals surface area contributed by atoms with E-state index in [1.165, 1.54) is 0 Å². The predicted molar refractivity (Wildman–Crippen MR) is 42.9 cm³/mol. The molecule has 0 heterocycles. The fraction of sp³-hybridized carbons (Fsp3) is 0.625. The molecule has 0 rings (SSSR count). The lowest BCUT2D eigenvalue weighted by molar-refractivity contribution is -0.110. The van der Waals surface area contributed by atoms with Gasteiger partial charge < -0.3 is 10.1 Å². The summed E-state index contributed by atoms with van der Waals surface area (Å²) in [6, 6.07) is -0.0296. The van der Waals surface area contributed by atoms with Crippen LogP contribution in [-0.2, 0) is 4.79 Å². The van der Waals surface area contributed by atoms with Gasteiger partial charge >= 0.3 is 0 Å². The molecule has 2 heteroatoms. The van der Waals surface area contributed by atoms with Crippen molar-refractivity contribution in [1.82, 2.24) is 5.32 Å². The number of rotatable bonds is 5. The minimum absolute atomic E-state index is 0.0296. The fourth-order valence-electron chi connectivity index (χ4n) is 0.660. The molecule has 1 unspecified atom stereocenters. The second kappa shape index (κ2) is 5.18. The van der Waals surface area contributed by atoms with Crippen molar-refractivity contribution in [3.63, 3.8) is 0 Å². The quantitative estimate of drug-likeness (QED) is 0.457. The topological polar surface area (TPSA) is 29.1 Å². The normalized spacial score (nSPS) is 13.1. The molecule has 58 valence electrons. The van der Waals surface area contributed by atoms with Crippen molar-refractivity contribution in [1.29, 1.82) is 0 Å². The van der Waals surface area contributed by atoms with E-state index >= 15 is 0 Å². The van der Waals surface area contributed by atoms with Crippen LogP contribution in [0.25, 0.3) is 0 Å².